The summed E-state index contributed by atoms with van der Waals surface area (Å²) in [6.07, 6.45) is 1.98. The second kappa shape index (κ2) is 5.53. The number of hydrogen-bond acceptors (Lipinski definition) is 3. The molecule has 2 amide bonds. The van der Waals surface area contributed by atoms with Crippen LogP contribution in [-0.2, 0) is 4.79 Å². The maximum absolute atomic E-state index is 11.7. The normalized spacial score (nSPS) is 14.0. The Balaban J connectivity index is 1.69. The van der Waals surface area contributed by atoms with Crippen LogP contribution in [0.3, 0.4) is 0 Å². The van der Waals surface area contributed by atoms with Crippen molar-refractivity contribution in [3.63, 3.8) is 0 Å². The van der Waals surface area contributed by atoms with Crippen molar-refractivity contribution < 1.29 is 9.59 Å². The number of rotatable bonds is 5. The fraction of sp³-hybridized carbons (Fsp3) is 0.385. The molecule has 0 aromatic heterocycles. The second-order valence-corrected chi connectivity index (χ2v) is 4.45. The molecule has 1 aromatic rings. The maximum Gasteiger partial charge on any atom is 0.251 e. The Hall–Kier alpha value is -2.04. The predicted octanol–water partition coefficient (Wildman–Crippen LogP) is 0.525. The Morgan fingerprint density at radius 2 is 1.94 bits per heavy atom. The number of hydrogen-bond donors (Lipinski definition) is 3. The molecule has 0 atom stereocenters. The van der Waals surface area contributed by atoms with E-state index in [0.29, 0.717) is 24.3 Å². The molecule has 96 valence electrons. The highest BCUT2D eigenvalue weighted by Crippen LogP contribution is 2.28. The van der Waals surface area contributed by atoms with Gasteiger partial charge in [-0.05, 0) is 31.0 Å². The maximum atomic E-state index is 11.7. The highest BCUT2D eigenvalue weighted by Gasteiger charge is 2.28. The van der Waals surface area contributed by atoms with E-state index in [0.717, 1.165) is 12.8 Å². The quantitative estimate of drug-likeness (QED) is 0.524. The summed E-state index contributed by atoms with van der Waals surface area (Å²) in [4.78, 5) is 23.0. The van der Waals surface area contributed by atoms with Gasteiger partial charge < -0.3 is 16.4 Å². The van der Waals surface area contributed by atoms with Crippen molar-refractivity contribution in [3.8, 4) is 0 Å². The zero-order valence-electron chi connectivity index (χ0n) is 10.1. The highest BCUT2D eigenvalue weighted by atomic mass is 16.2. The van der Waals surface area contributed by atoms with Crippen molar-refractivity contribution in [1.29, 1.82) is 0 Å². The standard InChI is InChI=1S/C13H17N3O2/c14-11-3-1-2-10(8-11)13(18)16-7-6-15-12(17)9-4-5-9/h1-3,8-9H,4-7,14H2,(H,15,17)(H,16,18). The number of benzene rings is 1. The van der Waals surface area contributed by atoms with Crippen LogP contribution < -0.4 is 16.4 Å². The van der Waals surface area contributed by atoms with Gasteiger partial charge in [-0.3, -0.25) is 9.59 Å². The smallest absolute Gasteiger partial charge is 0.251 e. The van der Waals surface area contributed by atoms with Gasteiger partial charge in [0.25, 0.3) is 5.91 Å². The van der Waals surface area contributed by atoms with E-state index in [1.165, 1.54) is 0 Å². The van der Waals surface area contributed by atoms with Gasteiger partial charge >= 0.3 is 0 Å². The van der Waals surface area contributed by atoms with E-state index >= 15 is 0 Å². The zero-order chi connectivity index (χ0) is 13.0. The van der Waals surface area contributed by atoms with E-state index in [2.05, 4.69) is 10.6 Å². The summed E-state index contributed by atoms with van der Waals surface area (Å²) >= 11 is 0. The largest absolute Gasteiger partial charge is 0.399 e. The number of amides is 2. The number of nitrogen functional groups attached to an aromatic ring is 1. The van der Waals surface area contributed by atoms with Crippen LogP contribution in [-0.4, -0.2) is 24.9 Å². The van der Waals surface area contributed by atoms with Crippen LogP contribution in [0.2, 0.25) is 0 Å². The minimum atomic E-state index is -0.178. The lowest BCUT2D eigenvalue weighted by Gasteiger charge is -2.07. The zero-order valence-corrected chi connectivity index (χ0v) is 10.1. The average molecular weight is 247 g/mol. The van der Waals surface area contributed by atoms with Crippen molar-refractivity contribution in [2.24, 2.45) is 5.92 Å². The molecule has 4 N–H and O–H groups in total. The van der Waals surface area contributed by atoms with E-state index in [9.17, 15) is 9.59 Å². The summed E-state index contributed by atoms with van der Waals surface area (Å²) < 4.78 is 0. The van der Waals surface area contributed by atoms with Crippen LogP contribution in [0.25, 0.3) is 0 Å². The molecule has 2 rings (SSSR count). The summed E-state index contributed by atoms with van der Waals surface area (Å²) in [7, 11) is 0. The van der Waals surface area contributed by atoms with Crippen LogP contribution in [0.5, 0.6) is 0 Å². The van der Waals surface area contributed by atoms with Crippen molar-refractivity contribution in [3.05, 3.63) is 29.8 Å². The van der Waals surface area contributed by atoms with E-state index < -0.39 is 0 Å². The Bertz CT molecular complexity index is 455. The molecule has 0 radical (unpaired) electrons. The first-order valence-electron chi connectivity index (χ1n) is 6.08. The molecule has 1 aromatic carbocycles. The third-order valence-electron chi connectivity index (χ3n) is 2.81. The van der Waals surface area contributed by atoms with Crippen molar-refractivity contribution in [2.45, 2.75) is 12.8 Å². The van der Waals surface area contributed by atoms with Gasteiger partial charge in [-0.25, -0.2) is 0 Å². The topological polar surface area (TPSA) is 84.2 Å². The fourth-order valence-electron chi connectivity index (χ4n) is 1.63. The number of carbonyl (C=O) groups excluding carboxylic acids is 2. The Kier molecular flexibility index (Phi) is 3.82. The van der Waals surface area contributed by atoms with Gasteiger partial charge in [0, 0.05) is 30.3 Å². The van der Waals surface area contributed by atoms with E-state index in [-0.39, 0.29) is 17.7 Å². The molecule has 0 aliphatic heterocycles. The number of anilines is 1. The van der Waals surface area contributed by atoms with E-state index in [1.807, 2.05) is 0 Å². The number of nitrogens with one attached hydrogen (secondary N) is 2. The molecule has 1 aliphatic carbocycles. The molecular weight excluding hydrogens is 230 g/mol. The third kappa shape index (κ3) is 3.48. The fourth-order valence-corrected chi connectivity index (χ4v) is 1.63. The first-order valence-corrected chi connectivity index (χ1v) is 6.08. The van der Waals surface area contributed by atoms with Crippen LogP contribution in [0, 0.1) is 5.92 Å². The summed E-state index contributed by atoms with van der Waals surface area (Å²) in [6.45, 7) is 0.884. The lowest BCUT2D eigenvalue weighted by molar-refractivity contribution is -0.122. The third-order valence-corrected chi connectivity index (χ3v) is 2.81. The Morgan fingerprint density at radius 3 is 2.61 bits per heavy atom. The predicted molar refractivity (Wildman–Crippen MR) is 68.9 cm³/mol. The molecule has 0 saturated heterocycles. The highest BCUT2D eigenvalue weighted by molar-refractivity contribution is 5.95. The SMILES string of the molecule is Nc1cccc(C(=O)NCCNC(=O)C2CC2)c1. The molecular formula is C13H17N3O2. The van der Waals surface area contributed by atoms with Crippen LogP contribution >= 0.6 is 0 Å². The Morgan fingerprint density at radius 1 is 1.22 bits per heavy atom. The minimum Gasteiger partial charge on any atom is -0.399 e. The molecule has 0 unspecified atom stereocenters. The summed E-state index contributed by atoms with van der Waals surface area (Å²) in [5, 5.41) is 5.52. The number of carbonyl (C=O) groups is 2. The van der Waals surface area contributed by atoms with Gasteiger partial charge in [-0.1, -0.05) is 6.07 Å². The van der Waals surface area contributed by atoms with Gasteiger partial charge in [-0.15, -0.1) is 0 Å². The van der Waals surface area contributed by atoms with E-state index in [1.54, 1.807) is 24.3 Å². The van der Waals surface area contributed by atoms with Crippen molar-refractivity contribution >= 4 is 17.5 Å². The molecule has 18 heavy (non-hydrogen) atoms. The molecule has 0 spiro atoms. The molecule has 5 nitrogen and oxygen atoms in total. The summed E-state index contributed by atoms with van der Waals surface area (Å²) in [5.41, 5.74) is 6.69. The lowest BCUT2D eigenvalue weighted by Crippen LogP contribution is -2.35. The van der Waals surface area contributed by atoms with Gasteiger partial charge in [0.05, 0.1) is 0 Å². The molecule has 0 bridgehead atoms. The average Bonchev–Trinajstić information content (AvgIpc) is 3.18. The van der Waals surface area contributed by atoms with Crippen molar-refractivity contribution in [1.82, 2.24) is 10.6 Å². The molecule has 0 heterocycles. The second-order valence-electron chi connectivity index (χ2n) is 4.45. The van der Waals surface area contributed by atoms with Gasteiger partial charge in [0.2, 0.25) is 5.91 Å². The van der Waals surface area contributed by atoms with Gasteiger partial charge in [-0.2, -0.15) is 0 Å². The summed E-state index contributed by atoms with van der Waals surface area (Å²) in [6, 6.07) is 6.79. The van der Waals surface area contributed by atoms with Gasteiger partial charge in [0.1, 0.15) is 0 Å². The molecule has 1 saturated carbocycles. The van der Waals surface area contributed by atoms with Crippen LogP contribution in [0.1, 0.15) is 23.2 Å². The first-order chi connectivity index (χ1) is 8.66. The Labute approximate surface area is 106 Å². The van der Waals surface area contributed by atoms with Crippen LogP contribution in [0.15, 0.2) is 24.3 Å². The number of nitrogens with two attached hydrogens (primary N) is 1. The first kappa shape index (κ1) is 12.4. The summed E-state index contributed by atoms with van der Waals surface area (Å²) in [5.74, 6) is 0.116. The molecule has 1 aliphatic rings. The molecule has 5 heteroatoms. The monoisotopic (exact) mass is 247 g/mol. The van der Waals surface area contributed by atoms with E-state index in [4.69, 9.17) is 5.73 Å². The van der Waals surface area contributed by atoms with Gasteiger partial charge in [0.15, 0.2) is 0 Å². The van der Waals surface area contributed by atoms with Crippen molar-refractivity contribution in [2.75, 3.05) is 18.8 Å². The lowest BCUT2D eigenvalue weighted by atomic mass is 10.2. The minimum absolute atomic E-state index is 0.0909. The molecule has 1 fully saturated rings. The van der Waals surface area contributed by atoms with Crippen LogP contribution in [0.4, 0.5) is 5.69 Å².